The zero-order valence-corrected chi connectivity index (χ0v) is 8.87. The minimum Gasteiger partial charge on any atom is -0.367 e. The van der Waals surface area contributed by atoms with Crippen LogP contribution in [0.15, 0.2) is 24.4 Å². The maximum atomic E-state index is 5.40. The number of rotatable bonds is 4. The second kappa shape index (κ2) is 4.70. The van der Waals surface area contributed by atoms with Crippen LogP contribution in [0.1, 0.15) is 5.69 Å². The summed E-state index contributed by atoms with van der Waals surface area (Å²) in [6.07, 6.45) is 2.65. The molecule has 2 aromatic rings. The molecule has 0 aliphatic heterocycles. The van der Waals surface area contributed by atoms with E-state index in [1.807, 2.05) is 18.2 Å². The van der Waals surface area contributed by atoms with Crippen molar-refractivity contribution in [1.29, 1.82) is 0 Å². The molecule has 0 unspecified atom stereocenters. The lowest BCUT2D eigenvalue weighted by molar-refractivity contribution is 0.959. The summed E-state index contributed by atoms with van der Waals surface area (Å²) < 4.78 is 3.87. The SMILES string of the molecule is Nc1nsc(NCCc2ccccn2)n1. The van der Waals surface area contributed by atoms with Gasteiger partial charge in [0, 0.05) is 36.4 Å². The van der Waals surface area contributed by atoms with E-state index in [0.29, 0.717) is 5.95 Å². The summed E-state index contributed by atoms with van der Waals surface area (Å²) in [5.41, 5.74) is 6.46. The van der Waals surface area contributed by atoms with E-state index in [2.05, 4.69) is 19.7 Å². The van der Waals surface area contributed by atoms with Crippen molar-refractivity contribution in [3.05, 3.63) is 30.1 Å². The summed E-state index contributed by atoms with van der Waals surface area (Å²) in [5.74, 6) is 0.320. The van der Waals surface area contributed by atoms with Crippen molar-refractivity contribution >= 4 is 22.6 Å². The Hall–Kier alpha value is -1.69. The highest BCUT2D eigenvalue weighted by Gasteiger charge is 1.99. The lowest BCUT2D eigenvalue weighted by Gasteiger charge is -2.00. The summed E-state index contributed by atoms with van der Waals surface area (Å²) in [5, 5.41) is 3.89. The molecule has 0 aromatic carbocycles. The van der Waals surface area contributed by atoms with Gasteiger partial charge in [0.15, 0.2) is 0 Å². The van der Waals surface area contributed by atoms with E-state index in [0.717, 1.165) is 23.8 Å². The number of hydrogen-bond acceptors (Lipinski definition) is 6. The molecule has 3 N–H and O–H groups in total. The lowest BCUT2D eigenvalue weighted by Crippen LogP contribution is -2.05. The van der Waals surface area contributed by atoms with Crippen LogP contribution in [0.2, 0.25) is 0 Å². The van der Waals surface area contributed by atoms with Crippen molar-refractivity contribution < 1.29 is 0 Å². The topological polar surface area (TPSA) is 76.7 Å². The summed E-state index contributed by atoms with van der Waals surface area (Å²) in [6, 6.07) is 5.88. The van der Waals surface area contributed by atoms with Crippen LogP contribution in [-0.4, -0.2) is 20.9 Å². The molecule has 0 amide bonds. The van der Waals surface area contributed by atoms with E-state index in [-0.39, 0.29) is 0 Å². The van der Waals surface area contributed by atoms with E-state index in [9.17, 15) is 0 Å². The summed E-state index contributed by atoms with van der Waals surface area (Å²) >= 11 is 1.27. The molecule has 0 bridgehead atoms. The van der Waals surface area contributed by atoms with Crippen LogP contribution in [-0.2, 0) is 6.42 Å². The van der Waals surface area contributed by atoms with Gasteiger partial charge in [-0.15, -0.1) is 0 Å². The highest BCUT2D eigenvalue weighted by atomic mass is 32.1. The Morgan fingerprint density at radius 3 is 3.00 bits per heavy atom. The quantitative estimate of drug-likeness (QED) is 0.810. The molecule has 0 aliphatic rings. The maximum absolute atomic E-state index is 5.40. The van der Waals surface area contributed by atoms with Crippen molar-refractivity contribution in [2.45, 2.75) is 6.42 Å². The van der Waals surface area contributed by atoms with Gasteiger partial charge in [0.05, 0.1) is 0 Å². The Morgan fingerprint density at radius 1 is 1.40 bits per heavy atom. The molecule has 5 nitrogen and oxygen atoms in total. The molecule has 0 atom stereocenters. The first kappa shape index (κ1) is 9.85. The smallest absolute Gasteiger partial charge is 0.233 e. The minimum atomic E-state index is 0.320. The van der Waals surface area contributed by atoms with Gasteiger partial charge in [-0.1, -0.05) is 6.07 Å². The fourth-order valence-corrected chi connectivity index (χ4v) is 1.67. The van der Waals surface area contributed by atoms with E-state index in [4.69, 9.17) is 5.73 Å². The molecule has 0 aliphatic carbocycles. The van der Waals surface area contributed by atoms with Crippen LogP contribution in [0.5, 0.6) is 0 Å². The van der Waals surface area contributed by atoms with Gasteiger partial charge < -0.3 is 11.1 Å². The average Bonchev–Trinajstić information content (AvgIpc) is 2.66. The van der Waals surface area contributed by atoms with Crippen LogP contribution in [0.25, 0.3) is 0 Å². The third-order valence-corrected chi connectivity index (χ3v) is 2.51. The first-order valence-corrected chi connectivity index (χ1v) is 5.35. The van der Waals surface area contributed by atoms with Gasteiger partial charge >= 0.3 is 0 Å². The van der Waals surface area contributed by atoms with Crippen LogP contribution < -0.4 is 11.1 Å². The lowest BCUT2D eigenvalue weighted by atomic mass is 10.3. The number of nitrogens with zero attached hydrogens (tertiary/aromatic N) is 3. The van der Waals surface area contributed by atoms with E-state index in [1.165, 1.54) is 11.5 Å². The van der Waals surface area contributed by atoms with Gasteiger partial charge in [-0.25, -0.2) is 0 Å². The third-order valence-electron chi connectivity index (χ3n) is 1.83. The number of hydrogen-bond donors (Lipinski definition) is 2. The molecular weight excluding hydrogens is 210 g/mol. The first-order chi connectivity index (χ1) is 7.34. The standard InChI is InChI=1S/C9H11N5S/c10-8-13-9(15-14-8)12-6-4-7-3-1-2-5-11-7/h1-3,5H,4,6H2,(H3,10,12,13,14). The first-order valence-electron chi connectivity index (χ1n) is 4.57. The number of pyridine rings is 1. The summed E-state index contributed by atoms with van der Waals surface area (Å²) in [4.78, 5) is 8.21. The van der Waals surface area contributed by atoms with E-state index in [1.54, 1.807) is 6.20 Å². The fourth-order valence-electron chi connectivity index (χ4n) is 1.15. The van der Waals surface area contributed by atoms with Crippen LogP contribution in [0, 0.1) is 0 Å². The molecule has 2 rings (SSSR count). The second-order valence-corrected chi connectivity index (χ2v) is 3.71. The monoisotopic (exact) mass is 221 g/mol. The van der Waals surface area contributed by atoms with E-state index < -0.39 is 0 Å². The number of anilines is 2. The van der Waals surface area contributed by atoms with Crippen molar-refractivity contribution in [3.8, 4) is 0 Å². The molecule has 0 radical (unpaired) electrons. The second-order valence-electron chi connectivity index (χ2n) is 2.96. The van der Waals surface area contributed by atoms with Gasteiger partial charge in [-0.2, -0.15) is 9.36 Å². The van der Waals surface area contributed by atoms with Crippen molar-refractivity contribution in [2.24, 2.45) is 0 Å². The molecule has 0 saturated carbocycles. The third kappa shape index (κ3) is 2.88. The van der Waals surface area contributed by atoms with Crippen molar-refractivity contribution in [1.82, 2.24) is 14.3 Å². The molecule has 2 heterocycles. The Balaban J connectivity index is 1.80. The Bertz CT molecular complexity index is 413. The predicted octanol–water partition coefficient (Wildman–Crippen LogP) is 1.17. The predicted molar refractivity (Wildman–Crippen MR) is 60.8 cm³/mol. The molecule has 6 heteroatoms. The van der Waals surface area contributed by atoms with Crippen molar-refractivity contribution in [2.75, 3.05) is 17.6 Å². The minimum absolute atomic E-state index is 0.320. The molecule has 0 spiro atoms. The normalized spacial score (nSPS) is 10.1. The van der Waals surface area contributed by atoms with Crippen LogP contribution >= 0.6 is 11.5 Å². The van der Waals surface area contributed by atoms with Gasteiger partial charge in [0.2, 0.25) is 11.1 Å². The summed E-state index contributed by atoms with van der Waals surface area (Å²) in [6.45, 7) is 0.783. The molecule has 0 saturated heterocycles. The highest BCUT2D eigenvalue weighted by molar-refractivity contribution is 7.09. The van der Waals surface area contributed by atoms with Gasteiger partial charge in [-0.3, -0.25) is 4.98 Å². The van der Waals surface area contributed by atoms with E-state index >= 15 is 0 Å². The number of nitrogen functional groups attached to an aromatic ring is 1. The van der Waals surface area contributed by atoms with Gasteiger partial charge in [0.25, 0.3) is 0 Å². The van der Waals surface area contributed by atoms with Gasteiger partial charge in [-0.05, 0) is 12.1 Å². The molecule has 78 valence electrons. The Kier molecular flexibility index (Phi) is 3.08. The van der Waals surface area contributed by atoms with Crippen molar-refractivity contribution in [3.63, 3.8) is 0 Å². The number of nitrogens with two attached hydrogens (primary N) is 1. The average molecular weight is 221 g/mol. The molecule has 15 heavy (non-hydrogen) atoms. The summed E-state index contributed by atoms with van der Waals surface area (Å²) in [7, 11) is 0. The Labute approximate surface area is 91.5 Å². The zero-order valence-electron chi connectivity index (χ0n) is 8.05. The molecular formula is C9H11N5S. The largest absolute Gasteiger partial charge is 0.367 e. The number of nitrogens with one attached hydrogen (secondary N) is 1. The molecule has 0 fully saturated rings. The Morgan fingerprint density at radius 2 is 2.33 bits per heavy atom. The fraction of sp³-hybridized carbons (Fsp3) is 0.222. The van der Waals surface area contributed by atoms with Crippen LogP contribution in [0.3, 0.4) is 0 Å². The van der Waals surface area contributed by atoms with Gasteiger partial charge in [0.1, 0.15) is 0 Å². The maximum Gasteiger partial charge on any atom is 0.233 e. The number of aromatic nitrogens is 3. The van der Waals surface area contributed by atoms with Crippen LogP contribution in [0.4, 0.5) is 11.1 Å². The zero-order chi connectivity index (χ0) is 10.5. The highest BCUT2D eigenvalue weighted by Crippen LogP contribution is 2.11. The molecule has 2 aromatic heterocycles.